The van der Waals surface area contributed by atoms with E-state index < -0.39 is 0 Å². The highest BCUT2D eigenvalue weighted by atomic mass is 16.5. The maximum Gasteiger partial charge on any atom is 0.161 e. The number of methoxy groups -OCH3 is 2. The van der Waals surface area contributed by atoms with Gasteiger partial charge in [-0.2, -0.15) is 0 Å². The van der Waals surface area contributed by atoms with Crippen molar-refractivity contribution in [1.29, 1.82) is 0 Å². The summed E-state index contributed by atoms with van der Waals surface area (Å²) in [7, 11) is 3.35. The van der Waals surface area contributed by atoms with E-state index >= 15 is 0 Å². The molecule has 2 aromatic carbocycles. The molecule has 1 saturated heterocycles. The second-order valence-corrected chi connectivity index (χ2v) is 7.88. The van der Waals surface area contributed by atoms with Crippen LogP contribution in [0.15, 0.2) is 42.5 Å². The highest BCUT2D eigenvalue weighted by Gasteiger charge is 2.30. The van der Waals surface area contributed by atoms with Crippen molar-refractivity contribution in [3.8, 4) is 11.5 Å². The van der Waals surface area contributed by atoms with Crippen LogP contribution in [-0.4, -0.2) is 71.7 Å². The molecule has 4 rings (SSSR count). The molecule has 30 heavy (non-hydrogen) atoms. The molecule has 6 heteroatoms. The summed E-state index contributed by atoms with van der Waals surface area (Å²) in [5.41, 5.74) is 4.01. The van der Waals surface area contributed by atoms with Crippen LogP contribution in [-0.2, 0) is 16.0 Å². The summed E-state index contributed by atoms with van der Waals surface area (Å²) in [6.07, 6.45) is 0. The number of fused-ring (bicyclic) bond motifs is 1. The van der Waals surface area contributed by atoms with Gasteiger partial charge in [-0.3, -0.25) is 4.90 Å². The van der Waals surface area contributed by atoms with Crippen molar-refractivity contribution in [3.05, 3.63) is 53.6 Å². The average molecular weight is 413 g/mol. The van der Waals surface area contributed by atoms with Crippen molar-refractivity contribution in [3.63, 3.8) is 0 Å². The Bertz CT molecular complexity index is 823. The Labute approximate surface area is 179 Å². The minimum absolute atomic E-state index is 0.504. The van der Waals surface area contributed by atoms with Crippen LogP contribution in [0.1, 0.15) is 17.0 Å². The lowest BCUT2D eigenvalue weighted by molar-refractivity contribution is 0.0356. The number of rotatable bonds is 9. The lowest BCUT2D eigenvalue weighted by Crippen LogP contribution is -2.39. The Morgan fingerprint density at radius 2 is 1.83 bits per heavy atom. The Balaban J connectivity index is 1.48. The summed E-state index contributed by atoms with van der Waals surface area (Å²) < 4.78 is 22.0. The van der Waals surface area contributed by atoms with Crippen LogP contribution in [0.25, 0.3) is 0 Å². The molecular weight excluding hydrogens is 380 g/mol. The average Bonchev–Trinajstić information content (AvgIpc) is 3.12. The van der Waals surface area contributed by atoms with Crippen LogP contribution in [0.5, 0.6) is 11.5 Å². The summed E-state index contributed by atoms with van der Waals surface area (Å²) in [6, 6.07) is 15.0. The third kappa shape index (κ3) is 4.89. The van der Waals surface area contributed by atoms with Crippen molar-refractivity contribution in [2.45, 2.75) is 12.5 Å². The monoisotopic (exact) mass is 412 g/mol. The van der Waals surface area contributed by atoms with E-state index in [2.05, 4.69) is 46.2 Å². The van der Waals surface area contributed by atoms with Gasteiger partial charge in [-0.05, 0) is 29.3 Å². The highest BCUT2D eigenvalue weighted by molar-refractivity contribution is 5.61. The van der Waals surface area contributed by atoms with Crippen molar-refractivity contribution in [2.75, 3.05) is 71.7 Å². The number of anilines is 1. The Hall–Kier alpha value is -2.28. The molecule has 2 aliphatic heterocycles. The van der Waals surface area contributed by atoms with Crippen LogP contribution < -0.4 is 14.4 Å². The van der Waals surface area contributed by atoms with Gasteiger partial charge >= 0.3 is 0 Å². The standard InChI is InChI=1S/C24H32N2O4/c1-27-13-14-30-24-15-19(7-8-23(24)28-2)16-26-18-20(17-25-9-11-29-12-10-25)21-5-3-4-6-22(21)26/h3-8,15,20H,9-14,16-18H2,1-2H3/t20-/m1/s1. The van der Waals surface area contributed by atoms with Gasteiger partial charge in [-0.1, -0.05) is 24.3 Å². The number of hydrogen-bond donors (Lipinski definition) is 0. The number of ether oxygens (including phenoxy) is 4. The van der Waals surface area contributed by atoms with E-state index in [9.17, 15) is 0 Å². The van der Waals surface area contributed by atoms with Crippen LogP contribution in [0.4, 0.5) is 5.69 Å². The Kier molecular flexibility index (Phi) is 7.10. The second kappa shape index (κ2) is 10.2. The van der Waals surface area contributed by atoms with Gasteiger partial charge in [-0.25, -0.2) is 0 Å². The summed E-state index contributed by atoms with van der Waals surface area (Å²) in [6.45, 7) is 7.76. The van der Waals surface area contributed by atoms with E-state index in [0.29, 0.717) is 19.1 Å². The molecule has 0 radical (unpaired) electrons. The lowest BCUT2D eigenvalue weighted by atomic mass is 10.0. The van der Waals surface area contributed by atoms with E-state index in [-0.39, 0.29) is 0 Å². The first-order chi connectivity index (χ1) is 14.8. The summed E-state index contributed by atoms with van der Waals surface area (Å²) in [4.78, 5) is 5.02. The Morgan fingerprint density at radius 1 is 1.00 bits per heavy atom. The van der Waals surface area contributed by atoms with Gasteiger partial charge in [0, 0.05) is 51.4 Å². The summed E-state index contributed by atoms with van der Waals surface area (Å²) in [5, 5.41) is 0. The quantitative estimate of drug-likeness (QED) is 0.590. The van der Waals surface area contributed by atoms with E-state index in [1.165, 1.54) is 16.8 Å². The normalized spacial score (nSPS) is 19.0. The SMILES string of the molecule is COCCOc1cc(CN2C[C@@H](CN3CCOCC3)c3ccccc32)ccc1OC. The largest absolute Gasteiger partial charge is 0.493 e. The molecule has 1 fully saturated rings. The molecule has 0 aliphatic carbocycles. The van der Waals surface area contributed by atoms with Gasteiger partial charge < -0.3 is 23.8 Å². The van der Waals surface area contributed by atoms with Gasteiger partial charge in [0.1, 0.15) is 6.61 Å². The zero-order chi connectivity index (χ0) is 20.8. The van der Waals surface area contributed by atoms with E-state index in [4.69, 9.17) is 18.9 Å². The predicted octanol–water partition coefficient (Wildman–Crippen LogP) is 3.16. The zero-order valence-corrected chi connectivity index (χ0v) is 18.0. The van der Waals surface area contributed by atoms with Crippen LogP contribution in [0.2, 0.25) is 0 Å². The first-order valence-corrected chi connectivity index (χ1v) is 10.7. The number of para-hydroxylation sites is 1. The summed E-state index contributed by atoms with van der Waals surface area (Å²) >= 11 is 0. The fourth-order valence-corrected chi connectivity index (χ4v) is 4.37. The van der Waals surface area contributed by atoms with E-state index in [1.807, 2.05) is 6.07 Å². The van der Waals surface area contributed by atoms with Gasteiger partial charge in [0.15, 0.2) is 11.5 Å². The molecule has 162 valence electrons. The summed E-state index contributed by atoms with van der Waals surface area (Å²) in [5.74, 6) is 2.04. The van der Waals surface area contributed by atoms with Crippen molar-refractivity contribution in [1.82, 2.24) is 4.90 Å². The lowest BCUT2D eigenvalue weighted by Gasteiger charge is -2.29. The molecule has 0 spiro atoms. The highest BCUT2D eigenvalue weighted by Crippen LogP contribution is 2.38. The molecule has 2 aliphatic rings. The number of nitrogens with zero attached hydrogens (tertiary/aromatic N) is 2. The predicted molar refractivity (Wildman–Crippen MR) is 118 cm³/mol. The molecule has 6 nitrogen and oxygen atoms in total. The maximum atomic E-state index is 5.88. The molecule has 0 saturated carbocycles. The number of benzene rings is 2. The fraction of sp³-hybridized carbons (Fsp3) is 0.500. The second-order valence-electron chi connectivity index (χ2n) is 7.88. The van der Waals surface area contributed by atoms with E-state index in [0.717, 1.165) is 57.4 Å². The molecule has 2 aromatic rings. The molecule has 0 bridgehead atoms. The third-order valence-corrected chi connectivity index (χ3v) is 5.89. The molecule has 0 amide bonds. The minimum Gasteiger partial charge on any atom is -0.493 e. The third-order valence-electron chi connectivity index (χ3n) is 5.89. The topological polar surface area (TPSA) is 43.4 Å². The van der Waals surface area contributed by atoms with Crippen LogP contribution in [0.3, 0.4) is 0 Å². The molecule has 2 heterocycles. The van der Waals surface area contributed by atoms with Gasteiger partial charge in [-0.15, -0.1) is 0 Å². The molecule has 0 aromatic heterocycles. The first-order valence-electron chi connectivity index (χ1n) is 10.7. The number of morpholine rings is 1. The maximum absolute atomic E-state index is 5.88. The van der Waals surface area contributed by atoms with Crippen LogP contribution >= 0.6 is 0 Å². The van der Waals surface area contributed by atoms with Gasteiger partial charge in [0.25, 0.3) is 0 Å². The van der Waals surface area contributed by atoms with E-state index in [1.54, 1.807) is 14.2 Å². The molecule has 1 atom stereocenters. The molecule has 0 N–H and O–H groups in total. The van der Waals surface area contributed by atoms with Crippen molar-refractivity contribution >= 4 is 5.69 Å². The van der Waals surface area contributed by atoms with Crippen molar-refractivity contribution < 1.29 is 18.9 Å². The number of hydrogen-bond acceptors (Lipinski definition) is 6. The minimum atomic E-state index is 0.504. The molecular formula is C24H32N2O4. The van der Waals surface area contributed by atoms with Crippen molar-refractivity contribution in [2.24, 2.45) is 0 Å². The Morgan fingerprint density at radius 3 is 2.63 bits per heavy atom. The van der Waals surface area contributed by atoms with Gasteiger partial charge in [0.05, 0.1) is 26.9 Å². The molecule has 0 unspecified atom stereocenters. The fourth-order valence-electron chi connectivity index (χ4n) is 4.37. The zero-order valence-electron chi connectivity index (χ0n) is 18.0. The first kappa shape index (κ1) is 21.0. The van der Waals surface area contributed by atoms with Crippen LogP contribution in [0, 0.1) is 0 Å². The smallest absolute Gasteiger partial charge is 0.161 e. The van der Waals surface area contributed by atoms with Gasteiger partial charge in [0.2, 0.25) is 0 Å².